The smallest absolute Gasteiger partial charge is 0.236 e. The molecule has 1 fully saturated rings. The minimum absolute atomic E-state index is 0.251. The number of amides is 1. The monoisotopic (exact) mass is 199 g/mol. The molecule has 4 nitrogen and oxygen atoms in total. The van der Waals surface area contributed by atoms with Crippen molar-refractivity contribution in [3.63, 3.8) is 0 Å². The first kappa shape index (κ1) is 11.5. The van der Waals surface area contributed by atoms with Crippen molar-refractivity contribution in [3.05, 3.63) is 0 Å². The van der Waals surface area contributed by atoms with Gasteiger partial charge in [-0.3, -0.25) is 4.79 Å². The Balaban J connectivity index is 2.03. The number of nitrogens with one attached hydrogen (secondary N) is 1. The summed E-state index contributed by atoms with van der Waals surface area (Å²) in [4.78, 5) is 15.6. The van der Waals surface area contributed by atoms with Crippen LogP contribution in [0.25, 0.3) is 0 Å². The molecule has 1 saturated heterocycles. The van der Waals surface area contributed by atoms with Crippen LogP contribution >= 0.6 is 0 Å². The van der Waals surface area contributed by atoms with Gasteiger partial charge in [0, 0.05) is 26.2 Å². The fourth-order valence-corrected chi connectivity index (χ4v) is 1.58. The van der Waals surface area contributed by atoms with Crippen LogP contribution in [-0.4, -0.2) is 62.5 Å². The van der Waals surface area contributed by atoms with Crippen LogP contribution in [0.4, 0.5) is 0 Å². The van der Waals surface area contributed by atoms with Crippen molar-refractivity contribution in [2.75, 3.05) is 46.8 Å². The summed E-state index contributed by atoms with van der Waals surface area (Å²) in [5, 5.41) is 3.16. The Hall–Kier alpha value is -0.610. The summed E-state index contributed by atoms with van der Waals surface area (Å²) in [7, 11) is 4.06. The molecule has 82 valence electrons. The summed E-state index contributed by atoms with van der Waals surface area (Å²) >= 11 is 0. The van der Waals surface area contributed by atoms with Crippen LogP contribution in [0.3, 0.4) is 0 Å². The van der Waals surface area contributed by atoms with Crippen molar-refractivity contribution in [2.24, 2.45) is 0 Å². The van der Waals surface area contributed by atoms with Gasteiger partial charge in [0.25, 0.3) is 0 Å². The number of carbonyl (C=O) groups excluding carboxylic acids is 1. The number of likely N-dealkylation sites (N-methyl/N-ethyl adjacent to an activating group) is 1. The quantitative estimate of drug-likeness (QED) is 0.621. The van der Waals surface area contributed by atoms with E-state index in [1.165, 1.54) is 12.8 Å². The molecular formula is C10H21N3O. The zero-order chi connectivity index (χ0) is 10.4. The molecule has 0 bridgehead atoms. The standard InChI is InChI=1S/C10H21N3O/c1-12(2)8-5-11-9-10(14)13-6-3-4-7-13/h11H,3-9H2,1-2H3. The van der Waals surface area contributed by atoms with Crippen molar-refractivity contribution < 1.29 is 4.79 Å². The van der Waals surface area contributed by atoms with E-state index in [1.807, 2.05) is 19.0 Å². The predicted octanol–water partition coefficient (Wildman–Crippen LogP) is -0.240. The Morgan fingerprint density at radius 2 is 2.00 bits per heavy atom. The molecule has 0 unspecified atom stereocenters. The van der Waals surface area contributed by atoms with Gasteiger partial charge in [0.15, 0.2) is 0 Å². The number of hydrogen-bond donors (Lipinski definition) is 1. The summed E-state index contributed by atoms with van der Waals surface area (Å²) in [6.07, 6.45) is 2.34. The van der Waals surface area contributed by atoms with Gasteiger partial charge < -0.3 is 15.1 Å². The van der Waals surface area contributed by atoms with Crippen molar-refractivity contribution in [1.29, 1.82) is 0 Å². The lowest BCUT2D eigenvalue weighted by Crippen LogP contribution is -2.38. The molecule has 0 spiro atoms. The van der Waals surface area contributed by atoms with E-state index in [9.17, 15) is 4.79 Å². The van der Waals surface area contributed by atoms with E-state index in [-0.39, 0.29) is 5.91 Å². The van der Waals surface area contributed by atoms with Crippen molar-refractivity contribution in [3.8, 4) is 0 Å². The lowest BCUT2D eigenvalue weighted by atomic mass is 10.4. The minimum atomic E-state index is 0.251. The van der Waals surface area contributed by atoms with E-state index in [2.05, 4.69) is 10.2 Å². The second-order valence-corrected chi connectivity index (χ2v) is 4.07. The first-order valence-corrected chi connectivity index (χ1v) is 5.33. The molecule has 1 aliphatic rings. The third-order valence-electron chi connectivity index (χ3n) is 2.47. The van der Waals surface area contributed by atoms with E-state index < -0.39 is 0 Å². The van der Waals surface area contributed by atoms with E-state index in [0.717, 1.165) is 26.2 Å². The second kappa shape index (κ2) is 5.98. The molecule has 0 radical (unpaired) electrons. The summed E-state index contributed by atoms with van der Waals surface area (Å²) in [6.45, 7) is 4.26. The maximum Gasteiger partial charge on any atom is 0.236 e. The normalized spacial score (nSPS) is 16.6. The molecule has 0 saturated carbocycles. The van der Waals surface area contributed by atoms with Gasteiger partial charge in [-0.05, 0) is 26.9 Å². The van der Waals surface area contributed by atoms with E-state index in [0.29, 0.717) is 6.54 Å². The summed E-state index contributed by atoms with van der Waals surface area (Å²) in [5.41, 5.74) is 0. The maximum absolute atomic E-state index is 11.5. The highest BCUT2D eigenvalue weighted by Gasteiger charge is 2.16. The third-order valence-corrected chi connectivity index (χ3v) is 2.47. The SMILES string of the molecule is CN(C)CCNCC(=O)N1CCCC1. The summed E-state index contributed by atoms with van der Waals surface area (Å²) < 4.78 is 0. The van der Waals surface area contributed by atoms with Crippen LogP contribution in [-0.2, 0) is 4.79 Å². The van der Waals surface area contributed by atoms with Gasteiger partial charge in [0.2, 0.25) is 5.91 Å². The Kier molecular flexibility index (Phi) is 4.90. The molecule has 0 aromatic carbocycles. The zero-order valence-corrected chi connectivity index (χ0v) is 9.25. The van der Waals surface area contributed by atoms with E-state index in [4.69, 9.17) is 0 Å². The van der Waals surface area contributed by atoms with Crippen molar-refractivity contribution in [1.82, 2.24) is 15.1 Å². The average molecular weight is 199 g/mol. The number of hydrogen-bond acceptors (Lipinski definition) is 3. The highest BCUT2D eigenvalue weighted by Crippen LogP contribution is 2.06. The number of carbonyl (C=O) groups is 1. The summed E-state index contributed by atoms with van der Waals surface area (Å²) in [5.74, 6) is 0.251. The fraction of sp³-hybridized carbons (Fsp3) is 0.900. The molecule has 0 aromatic rings. The number of rotatable bonds is 5. The molecule has 14 heavy (non-hydrogen) atoms. The minimum Gasteiger partial charge on any atom is -0.342 e. The van der Waals surface area contributed by atoms with Crippen molar-refractivity contribution in [2.45, 2.75) is 12.8 Å². The van der Waals surface area contributed by atoms with Gasteiger partial charge >= 0.3 is 0 Å². The molecule has 1 rings (SSSR count). The third kappa shape index (κ3) is 4.07. The molecule has 0 atom stereocenters. The average Bonchev–Trinajstić information content (AvgIpc) is 2.64. The van der Waals surface area contributed by atoms with Gasteiger partial charge in [-0.25, -0.2) is 0 Å². The Bertz CT molecular complexity index is 176. The van der Waals surface area contributed by atoms with Crippen LogP contribution in [0, 0.1) is 0 Å². The lowest BCUT2D eigenvalue weighted by molar-refractivity contribution is -0.129. The van der Waals surface area contributed by atoms with E-state index >= 15 is 0 Å². The van der Waals surface area contributed by atoms with E-state index in [1.54, 1.807) is 0 Å². The van der Waals surface area contributed by atoms with Gasteiger partial charge in [-0.2, -0.15) is 0 Å². The maximum atomic E-state index is 11.5. The van der Waals surface area contributed by atoms with Crippen molar-refractivity contribution >= 4 is 5.91 Å². The molecule has 0 aliphatic carbocycles. The first-order valence-electron chi connectivity index (χ1n) is 5.33. The lowest BCUT2D eigenvalue weighted by Gasteiger charge is -2.16. The highest BCUT2D eigenvalue weighted by atomic mass is 16.2. The topological polar surface area (TPSA) is 35.6 Å². The van der Waals surface area contributed by atoms with Crippen LogP contribution in [0.2, 0.25) is 0 Å². The molecule has 4 heteroatoms. The molecular weight excluding hydrogens is 178 g/mol. The van der Waals surface area contributed by atoms with Crippen LogP contribution in [0.5, 0.6) is 0 Å². The Morgan fingerprint density at radius 3 is 2.57 bits per heavy atom. The Labute approximate surface area is 86.2 Å². The van der Waals surface area contributed by atoms with Crippen LogP contribution in [0.1, 0.15) is 12.8 Å². The predicted molar refractivity (Wildman–Crippen MR) is 57.2 cm³/mol. The number of nitrogens with zero attached hydrogens (tertiary/aromatic N) is 2. The zero-order valence-electron chi connectivity index (χ0n) is 9.25. The van der Waals surface area contributed by atoms with Crippen LogP contribution < -0.4 is 5.32 Å². The van der Waals surface area contributed by atoms with Gasteiger partial charge in [-0.15, -0.1) is 0 Å². The highest BCUT2D eigenvalue weighted by molar-refractivity contribution is 5.78. The second-order valence-electron chi connectivity index (χ2n) is 4.07. The van der Waals surface area contributed by atoms with Crippen LogP contribution in [0.15, 0.2) is 0 Å². The van der Waals surface area contributed by atoms with Gasteiger partial charge in [0.05, 0.1) is 6.54 Å². The Morgan fingerprint density at radius 1 is 1.36 bits per heavy atom. The first-order chi connectivity index (χ1) is 6.70. The molecule has 0 aromatic heterocycles. The fourth-order valence-electron chi connectivity index (χ4n) is 1.58. The molecule has 1 aliphatic heterocycles. The van der Waals surface area contributed by atoms with Gasteiger partial charge in [0.1, 0.15) is 0 Å². The molecule has 1 heterocycles. The molecule has 1 amide bonds. The largest absolute Gasteiger partial charge is 0.342 e. The summed E-state index contributed by atoms with van der Waals surface area (Å²) in [6, 6.07) is 0. The van der Waals surface area contributed by atoms with Gasteiger partial charge in [-0.1, -0.05) is 0 Å². The molecule has 1 N–H and O–H groups in total. The number of likely N-dealkylation sites (tertiary alicyclic amines) is 1.